The van der Waals surface area contributed by atoms with Crippen LogP contribution in [-0.4, -0.2) is 24.4 Å². The van der Waals surface area contributed by atoms with Crippen LogP contribution in [0.5, 0.6) is 0 Å². The lowest BCUT2D eigenvalue weighted by Crippen LogP contribution is -2.58. The summed E-state index contributed by atoms with van der Waals surface area (Å²) in [6.45, 7) is 7.73. The number of aryl methyl sites for hydroxylation is 4. The zero-order chi connectivity index (χ0) is 19.7. The monoisotopic (exact) mass is 365 g/mol. The van der Waals surface area contributed by atoms with E-state index in [0.29, 0.717) is 11.4 Å². The summed E-state index contributed by atoms with van der Waals surface area (Å²) in [5.74, 6) is -1.93. The van der Waals surface area contributed by atoms with E-state index in [4.69, 9.17) is 0 Å². The van der Waals surface area contributed by atoms with E-state index in [1.807, 2.05) is 52.0 Å². The molecule has 2 N–H and O–H groups in total. The van der Waals surface area contributed by atoms with E-state index in [1.54, 1.807) is 12.1 Å². The summed E-state index contributed by atoms with van der Waals surface area (Å²) in [4.78, 5) is 38.9. The van der Waals surface area contributed by atoms with Crippen molar-refractivity contribution in [2.24, 2.45) is 5.92 Å². The van der Waals surface area contributed by atoms with E-state index in [0.717, 1.165) is 27.2 Å². The van der Waals surface area contributed by atoms with Crippen LogP contribution in [0.4, 0.5) is 16.2 Å². The van der Waals surface area contributed by atoms with Crippen molar-refractivity contribution in [3.63, 3.8) is 0 Å². The van der Waals surface area contributed by atoms with Gasteiger partial charge >= 0.3 is 6.03 Å². The fourth-order valence-electron chi connectivity index (χ4n) is 3.34. The third-order valence-corrected chi connectivity index (χ3v) is 4.71. The normalized spacial score (nSPS) is 16.9. The van der Waals surface area contributed by atoms with Gasteiger partial charge in [-0.15, -0.1) is 0 Å². The van der Waals surface area contributed by atoms with Crippen molar-refractivity contribution in [3.8, 4) is 0 Å². The van der Waals surface area contributed by atoms with E-state index in [9.17, 15) is 14.4 Å². The summed E-state index contributed by atoms with van der Waals surface area (Å²) >= 11 is 0. The second kappa shape index (κ2) is 7.23. The van der Waals surface area contributed by atoms with Crippen molar-refractivity contribution in [3.05, 3.63) is 58.7 Å². The van der Waals surface area contributed by atoms with Crippen molar-refractivity contribution in [2.75, 3.05) is 16.8 Å². The van der Waals surface area contributed by atoms with Crippen molar-refractivity contribution in [2.45, 2.75) is 27.7 Å². The molecule has 1 atom stereocenters. The highest BCUT2D eigenvalue weighted by Gasteiger charge is 2.39. The molecule has 4 amide bonds. The maximum Gasteiger partial charge on any atom is 0.328 e. The number of nitrogens with one attached hydrogen (secondary N) is 2. The van der Waals surface area contributed by atoms with Crippen molar-refractivity contribution >= 4 is 29.2 Å². The Morgan fingerprint density at radius 1 is 1.00 bits per heavy atom. The first-order chi connectivity index (χ1) is 12.8. The zero-order valence-electron chi connectivity index (χ0n) is 15.9. The molecule has 2 aromatic rings. The number of amides is 4. The average molecular weight is 365 g/mol. The van der Waals surface area contributed by atoms with Crippen LogP contribution in [0, 0.1) is 33.6 Å². The molecule has 1 heterocycles. The molecule has 1 aliphatic rings. The Balaban J connectivity index is 1.84. The summed E-state index contributed by atoms with van der Waals surface area (Å²) < 4.78 is 0. The maximum atomic E-state index is 12.9. The van der Waals surface area contributed by atoms with E-state index >= 15 is 0 Å². The molecule has 140 valence electrons. The van der Waals surface area contributed by atoms with Gasteiger partial charge in [0.25, 0.3) is 0 Å². The van der Waals surface area contributed by atoms with Gasteiger partial charge in [0.2, 0.25) is 11.8 Å². The molecule has 3 rings (SSSR count). The molecule has 1 unspecified atom stereocenters. The summed E-state index contributed by atoms with van der Waals surface area (Å²) in [5, 5.41) is 5.50. The van der Waals surface area contributed by atoms with Crippen LogP contribution in [-0.2, 0) is 9.59 Å². The first-order valence-electron chi connectivity index (χ1n) is 8.85. The van der Waals surface area contributed by atoms with Crippen LogP contribution >= 0.6 is 0 Å². The molecule has 1 aliphatic heterocycles. The van der Waals surface area contributed by atoms with Crippen molar-refractivity contribution < 1.29 is 14.4 Å². The van der Waals surface area contributed by atoms with E-state index < -0.39 is 23.8 Å². The first-order valence-corrected chi connectivity index (χ1v) is 8.85. The fourth-order valence-corrected chi connectivity index (χ4v) is 3.34. The molecule has 1 saturated heterocycles. The summed E-state index contributed by atoms with van der Waals surface area (Å²) in [7, 11) is 0. The minimum Gasteiger partial charge on any atom is -0.336 e. The van der Waals surface area contributed by atoms with Gasteiger partial charge in [-0.25, -0.2) is 9.69 Å². The number of carbonyl (C=O) groups excluding carboxylic acids is 3. The van der Waals surface area contributed by atoms with Crippen LogP contribution in [0.25, 0.3) is 0 Å². The summed E-state index contributed by atoms with van der Waals surface area (Å²) in [5.41, 5.74) is 5.14. The third-order valence-electron chi connectivity index (χ3n) is 4.71. The second-order valence-electron chi connectivity index (χ2n) is 7.01. The molecule has 6 heteroatoms. The van der Waals surface area contributed by atoms with Crippen molar-refractivity contribution in [1.82, 2.24) is 5.32 Å². The Morgan fingerprint density at radius 2 is 1.59 bits per heavy atom. The Kier molecular flexibility index (Phi) is 4.99. The lowest BCUT2D eigenvalue weighted by molar-refractivity contribution is -0.130. The molecule has 0 aliphatic carbocycles. The number of hydrogen-bond acceptors (Lipinski definition) is 3. The topological polar surface area (TPSA) is 78.5 Å². The Bertz CT molecular complexity index is 896. The zero-order valence-corrected chi connectivity index (χ0v) is 15.9. The van der Waals surface area contributed by atoms with Gasteiger partial charge in [0.15, 0.2) is 0 Å². The maximum absolute atomic E-state index is 12.9. The number of imide groups is 1. The van der Waals surface area contributed by atoms with Gasteiger partial charge in [0.05, 0.1) is 5.69 Å². The minimum atomic E-state index is -0.982. The standard InChI is InChI=1S/C21H23N3O3/c1-12-5-7-16(8-6-12)24-20(26)17(11-22-21(24)27)19(25)23-18-14(3)9-13(2)10-15(18)4/h5-10,17H,11H2,1-4H3,(H,22,27)(H,23,25). The molecule has 1 fully saturated rings. The smallest absolute Gasteiger partial charge is 0.328 e. The summed E-state index contributed by atoms with van der Waals surface area (Å²) in [6, 6.07) is 10.5. The lowest BCUT2D eigenvalue weighted by Gasteiger charge is -2.31. The second-order valence-corrected chi connectivity index (χ2v) is 7.01. The van der Waals surface area contributed by atoms with E-state index in [1.165, 1.54) is 0 Å². The number of urea groups is 1. The first kappa shape index (κ1) is 18.6. The van der Waals surface area contributed by atoms with Gasteiger partial charge in [-0.2, -0.15) is 0 Å². The van der Waals surface area contributed by atoms with Gasteiger partial charge in [-0.1, -0.05) is 35.4 Å². The minimum absolute atomic E-state index is 0.0180. The SMILES string of the molecule is Cc1ccc(N2C(=O)NCC(C(=O)Nc3c(C)cc(C)cc3C)C2=O)cc1. The van der Waals surface area contributed by atoms with Crippen LogP contribution in [0.2, 0.25) is 0 Å². The Morgan fingerprint density at radius 3 is 2.19 bits per heavy atom. The lowest BCUT2D eigenvalue weighted by atomic mass is 10.0. The third kappa shape index (κ3) is 3.69. The largest absolute Gasteiger partial charge is 0.336 e. The number of nitrogens with zero attached hydrogens (tertiary/aromatic N) is 1. The predicted octanol–water partition coefficient (Wildman–Crippen LogP) is 3.23. The van der Waals surface area contributed by atoms with Crippen LogP contribution < -0.4 is 15.5 Å². The van der Waals surface area contributed by atoms with Gasteiger partial charge in [0.1, 0.15) is 5.92 Å². The molecule has 0 spiro atoms. The molecule has 2 aromatic carbocycles. The molecule has 0 aromatic heterocycles. The predicted molar refractivity (Wildman–Crippen MR) is 105 cm³/mol. The highest BCUT2D eigenvalue weighted by Crippen LogP contribution is 2.25. The van der Waals surface area contributed by atoms with Crippen molar-refractivity contribution in [1.29, 1.82) is 0 Å². The van der Waals surface area contributed by atoms with Gasteiger partial charge in [-0.3, -0.25) is 9.59 Å². The molecule has 27 heavy (non-hydrogen) atoms. The number of carbonyl (C=O) groups is 3. The summed E-state index contributed by atoms with van der Waals surface area (Å²) in [6.07, 6.45) is 0. The number of benzene rings is 2. The fraction of sp³-hybridized carbons (Fsp3) is 0.286. The average Bonchev–Trinajstić information content (AvgIpc) is 2.59. The van der Waals surface area contributed by atoms with Gasteiger partial charge in [-0.05, 0) is 51.0 Å². The van der Waals surface area contributed by atoms with Crippen LogP contribution in [0.15, 0.2) is 36.4 Å². The Labute approximate surface area is 158 Å². The van der Waals surface area contributed by atoms with Gasteiger partial charge in [0, 0.05) is 12.2 Å². The van der Waals surface area contributed by atoms with E-state index in [-0.39, 0.29) is 6.54 Å². The number of anilines is 2. The molecule has 6 nitrogen and oxygen atoms in total. The molecule has 0 bridgehead atoms. The molecular weight excluding hydrogens is 342 g/mol. The quantitative estimate of drug-likeness (QED) is 0.820. The number of rotatable bonds is 3. The van der Waals surface area contributed by atoms with Crippen LogP contribution in [0.3, 0.4) is 0 Å². The molecular formula is C21H23N3O3. The van der Waals surface area contributed by atoms with Crippen LogP contribution in [0.1, 0.15) is 22.3 Å². The molecule has 0 saturated carbocycles. The Hall–Kier alpha value is -3.15. The highest BCUT2D eigenvalue weighted by atomic mass is 16.2. The molecule has 0 radical (unpaired) electrons. The highest BCUT2D eigenvalue weighted by molar-refractivity contribution is 6.23. The van der Waals surface area contributed by atoms with E-state index in [2.05, 4.69) is 10.6 Å². The number of hydrogen-bond donors (Lipinski definition) is 2. The van der Waals surface area contributed by atoms with Gasteiger partial charge < -0.3 is 10.6 Å².